The van der Waals surface area contributed by atoms with Crippen molar-refractivity contribution < 1.29 is 9.72 Å². The standard InChI is InChI=1S/C18H25N5O3S/c1-13-18(23(25)26)14(2)22(20-13)12-17(24)19-10-15-5-7-21(8-6-15)11-16-4-3-9-27-16/h3-4,9,15H,5-8,10-12H2,1-2H3,(H,19,24). The highest BCUT2D eigenvalue weighted by molar-refractivity contribution is 7.09. The Balaban J connectivity index is 1.42. The Kier molecular flexibility index (Phi) is 6.22. The first-order valence-electron chi connectivity index (χ1n) is 9.14. The van der Waals surface area contributed by atoms with Crippen molar-refractivity contribution in [1.82, 2.24) is 20.0 Å². The summed E-state index contributed by atoms with van der Waals surface area (Å²) in [7, 11) is 0. The van der Waals surface area contributed by atoms with E-state index >= 15 is 0 Å². The maximum Gasteiger partial charge on any atom is 0.312 e. The van der Waals surface area contributed by atoms with E-state index in [9.17, 15) is 14.9 Å². The van der Waals surface area contributed by atoms with Crippen molar-refractivity contribution in [2.24, 2.45) is 5.92 Å². The number of nitro groups is 1. The molecule has 1 N–H and O–H groups in total. The van der Waals surface area contributed by atoms with Crippen molar-refractivity contribution in [3.8, 4) is 0 Å². The summed E-state index contributed by atoms with van der Waals surface area (Å²) >= 11 is 1.79. The molecule has 3 heterocycles. The zero-order valence-electron chi connectivity index (χ0n) is 15.7. The molecule has 1 amide bonds. The van der Waals surface area contributed by atoms with Crippen LogP contribution in [-0.4, -0.2) is 45.1 Å². The van der Waals surface area contributed by atoms with Gasteiger partial charge in [0.15, 0.2) is 0 Å². The maximum absolute atomic E-state index is 12.2. The molecule has 2 aromatic rings. The molecule has 9 heteroatoms. The minimum absolute atomic E-state index is 0.0116. The molecule has 1 saturated heterocycles. The third-order valence-electron chi connectivity index (χ3n) is 5.07. The lowest BCUT2D eigenvalue weighted by Crippen LogP contribution is -2.39. The zero-order chi connectivity index (χ0) is 19.4. The van der Waals surface area contributed by atoms with E-state index in [1.54, 1.807) is 25.2 Å². The van der Waals surface area contributed by atoms with Crippen LogP contribution in [0.2, 0.25) is 0 Å². The van der Waals surface area contributed by atoms with Gasteiger partial charge in [-0.1, -0.05) is 6.07 Å². The number of aromatic nitrogens is 2. The number of hydrogen-bond acceptors (Lipinski definition) is 6. The highest BCUT2D eigenvalue weighted by Gasteiger charge is 2.23. The highest BCUT2D eigenvalue weighted by atomic mass is 32.1. The van der Waals surface area contributed by atoms with E-state index in [0.29, 0.717) is 23.9 Å². The second-order valence-corrected chi connectivity index (χ2v) is 8.07. The van der Waals surface area contributed by atoms with Crippen molar-refractivity contribution >= 4 is 22.9 Å². The van der Waals surface area contributed by atoms with Gasteiger partial charge in [0.25, 0.3) is 0 Å². The molecule has 1 aliphatic heterocycles. The van der Waals surface area contributed by atoms with Gasteiger partial charge >= 0.3 is 5.69 Å². The Morgan fingerprint density at radius 3 is 2.74 bits per heavy atom. The monoisotopic (exact) mass is 391 g/mol. The van der Waals surface area contributed by atoms with Gasteiger partial charge in [-0.2, -0.15) is 5.10 Å². The van der Waals surface area contributed by atoms with Crippen molar-refractivity contribution in [2.45, 2.75) is 39.8 Å². The van der Waals surface area contributed by atoms with Crippen LogP contribution in [0.1, 0.15) is 29.1 Å². The van der Waals surface area contributed by atoms with E-state index in [-0.39, 0.29) is 18.1 Å². The molecule has 146 valence electrons. The molecule has 2 aromatic heterocycles. The normalized spacial score (nSPS) is 15.8. The molecule has 0 aromatic carbocycles. The van der Waals surface area contributed by atoms with Crippen LogP contribution in [0.3, 0.4) is 0 Å². The number of rotatable bonds is 7. The highest BCUT2D eigenvalue weighted by Crippen LogP contribution is 2.22. The van der Waals surface area contributed by atoms with Gasteiger partial charge < -0.3 is 5.32 Å². The fourth-order valence-corrected chi connectivity index (χ4v) is 4.27. The number of carbonyl (C=O) groups is 1. The van der Waals surface area contributed by atoms with Crippen LogP contribution in [0.15, 0.2) is 17.5 Å². The summed E-state index contributed by atoms with van der Waals surface area (Å²) in [6, 6.07) is 4.25. The molecule has 0 unspecified atom stereocenters. The molecule has 0 aliphatic carbocycles. The number of aryl methyl sites for hydroxylation is 1. The van der Waals surface area contributed by atoms with Gasteiger partial charge in [0.05, 0.1) is 4.92 Å². The molecular formula is C18H25N5O3S. The first-order chi connectivity index (χ1) is 12.9. The molecule has 3 rings (SSSR count). The van der Waals surface area contributed by atoms with Crippen molar-refractivity contribution in [3.63, 3.8) is 0 Å². The lowest BCUT2D eigenvalue weighted by molar-refractivity contribution is -0.386. The second-order valence-electron chi connectivity index (χ2n) is 7.04. The fraction of sp³-hybridized carbons (Fsp3) is 0.556. The predicted molar refractivity (Wildman–Crippen MR) is 104 cm³/mol. The van der Waals surface area contributed by atoms with Crippen LogP contribution >= 0.6 is 11.3 Å². The molecule has 0 saturated carbocycles. The fourth-order valence-electron chi connectivity index (χ4n) is 3.53. The number of amides is 1. The van der Waals surface area contributed by atoms with E-state index < -0.39 is 4.92 Å². The number of piperidine rings is 1. The quantitative estimate of drug-likeness (QED) is 0.578. The van der Waals surface area contributed by atoms with Crippen LogP contribution in [0.4, 0.5) is 5.69 Å². The average Bonchev–Trinajstić information content (AvgIpc) is 3.22. The number of thiophene rings is 1. The molecule has 1 fully saturated rings. The smallest absolute Gasteiger partial charge is 0.312 e. The molecule has 0 atom stereocenters. The number of nitrogens with zero attached hydrogens (tertiary/aromatic N) is 4. The Labute approximate surface area is 162 Å². The van der Waals surface area contributed by atoms with E-state index in [4.69, 9.17) is 0 Å². The molecule has 0 bridgehead atoms. The average molecular weight is 391 g/mol. The molecule has 27 heavy (non-hydrogen) atoms. The predicted octanol–water partition coefficient (Wildman–Crippen LogP) is 2.50. The Bertz CT molecular complexity index is 794. The molecule has 8 nitrogen and oxygen atoms in total. The molecule has 0 spiro atoms. The van der Waals surface area contributed by atoms with Crippen LogP contribution in [0, 0.1) is 29.9 Å². The van der Waals surface area contributed by atoms with E-state index in [1.807, 2.05) is 0 Å². The molecule has 0 radical (unpaired) electrons. The third kappa shape index (κ3) is 4.92. The first kappa shape index (κ1) is 19.5. The summed E-state index contributed by atoms with van der Waals surface area (Å²) in [6.07, 6.45) is 2.13. The minimum atomic E-state index is -0.448. The van der Waals surface area contributed by atoms with Gasteiger partial charge in [0, 0.05) is 18.0 Å². The van der Waals surface area contributed by atoms with Gasteiger partial charge in [-0.15, -0.1) is 11.3 Å². The van der Waals surface area contributed by atoms with Crippen molar-refractivity contribution in [3.05, 3.63) is 43.9 Å². The number of nitrogens with one attached hydrogen (secondary N) is 1. The van der Waals surface area contributed by atoms with Crippen molar-refractivity contribution in [2.75, 3.05) is 19.6 Å². The van der Waals surface area contributed by atoms with E-state index in [0.717, 1.165) is 32.5 Å². The topological polar surface area (TPSA) is 93.3 Å². The summed E-state index contributed by atoms with van der Waals surface area (Å²) < 4.78 is 1.41. The van der Waals surface area contributed by atoms with Gasteiger partial charge in [-0.3, -0.25) is 24.5 Å². The zero-order valence-corrected chi connectivity index (χ0v) is 16.5. The number of hydrogen-bond donors (Lipinski definition) is 1. The third-order valence-corrected chi connectivity index (χ3v) is 5.93. The minimum Gasteiger partial charge on any atom is -0.354 e. The van der Waals surface area contributed by atoms with Gasteiger partial charge in [0.2, 0.25) is 5.91 Å². The molecule has 1 aliphatic rings. The van der Waals surface area contributed by atoms with Gasteiger partial charge in [-0.05, 0) is 57.1 Å². The Hall–Kier alpha value is -2.26. The van der Waals surface area contributed by atoms with Gasteiger partial charge in [-0.25, -0.2) is 0 Å². The summed E-state index contributed by atoms with van der Waals surface area (Å²) in [5, 5.41) is 20.2. The molecular weight excluding hydrogens is 366 g/mol. The summed E-state index contributed by atoms with van der Waals surface area (Å²) in [5.41, 5.74) is 0.735. The van der Waals surface area contributed by atoms with Crippen LogP contribution in [0.5, 0.6) is 0 Å². The lowest BCUT2D eigenvalue weighted by Gasteiger charge is -2.31. The van der Waals surface area contributed by atoms with Crippen LogP contribution in [0.25, 0.3) is 0 Å². The van der Waals surface area contributed by atoms with Crippen LogP contribution in [-0.2, 0) is 17.9 Å². The Morgan fingerprint density at radius 2 is 2.15 bits per heavy atom. The van der Waals surface area contributed by atoms with Crippen LogP contribution < -0.4 is 5.32 Å². The lowest BCUT2D eigenvalue weighted by atomic mass is 9.97. The maximum atomic E-state index is 12.2. The summed E-state index contributed by atoms with van der Waals surface area (Å²) in [5.74, 6) is 0.319. The van der Waals surface area contributed by atoms with E-state index in [1.165, 1.54) is 9.56 Å². The largest absolute Gasteiger partial charge is 0.354 e. The Morgan fingerprint density at radius 1 is 1.41 bits per heavy atom. The second kappa shape index (κ2) is 8.62. The summed E-state index contributed by atoms with van der Waals surface area (Å²) in [4.78, 5) is 26.7. The SMILES string of the molecule is Cc1nn(CC(=O)NCC2CCN(Cc3cccs3)CC2)c(C)c1[N+](=O)[O-]. The first-order valence-corrected chi connectivity index (χ1v) is 10.0. The van der Waals surface area contributed by atoms with Gasteiger partial charge in [0.1, 0.15) is 17.9 Å². The number of carbonyl (C=O) groups excluding carboxylic acids is 1. The number of likely N-dealkylation sites (tertiary alicyclic amines) is 1. The van der Waals surface area contributed by atoms with E-state index in [2.05, 4.69) is 32.8 Å². The summed E-state index contributed by atoms with van der Waals surface area (Å²) in [6.45, 7) is 6.96. The van der Waals surface area contributed by atoms with Crippen molar-refractivity contribution in [1.29, 1.82) is 0 Å².